The number of anilines is 3. The van der Waals surface area contributed by atoms with E-state index >= 15 is 0 Å². The molecular formula is C49H37N. The van der Waals surface area contributed by atoms with Gasteiger partial charge in [0.05, 0.1) is 17.1 Å². The molecule has 1 aliphatic heterocycles. The van der Waals surface area contributed by atoms with Gasteiger partial charge in [0.2, 0.25) is 0 Å². The summed E-state index contributed by atoms with van der Waals surface area (Å²) in [5.41, 5.74) is 15.9. The normalized spacial score (nSPS) is 13.1. The summed E-state index contributed by atoms with van der Waals surface area (Å²) in [6.07, 6.45) is 0. The van der Waals surface area contributed by atoms with Crippen molar-refractivity contribution in [3.63, 3.8) is 0 Å². The second-order valence-electron chi connectivity index (χ2n) is 13.8. The molecule has 8 aromatic carbocycles. The summed E-state index contributed by atoms with van der Waals surface area (Å²) in [7, 11) is 0. The number of benzene rings is 8. The number of nitrogens with zero attached hydrogens (tertiary/aromatic N) is 1. The Hall–Kier alpha value is -6.18. The minimum atomic E-state index is -0.244. The molecule has 0 aliphatic carbocycles. The molecule has 1 aliphatic rings. The van der Waals surface area contributed by atoms with Crippen LogP contribution in [0.1, 0.15) is 25.0 Å². The van der Waals surface area contributed by atoms with Crippen LogP contribution < -0.4 is 4.90 Å². The van der Waals surface area contributed by atoms with Gasteiger partial charge in [-0.3, -0.25) is 0 Å². The van der Waals surface area contributed by atoms with E-state index < -0.39 is 0 Å². The van der Waals surface area contributed by atoms with Crippen LogP contribution in [0.3, 0.4) is 0 Å². The van der Waals surface area contributed by atoms with Gasteiger partial charge in [0.25, 0.3) is 0 Å². The van der Waals surface area contributed by atoms with Crippen molar-refractivity contribution in [2.24, 2.45) is 0 Å². The second kappa shape index (κ2) is 12.1. The van der Waals surface area contributed by atoms with Gasteiger partial charge in [-0.15, -0.1) is 0 Å². The zero-order valence-corrected chi connectivity index (χ0v) is 28.3. The third-order valence-corrected chi connectivity index (χ3v) is 10.5. The quantitative estimate of drug-likeness (QED) is 0.181. The maximum atomic E-state index is 2.49. The SMILES string of the molecule is CC1(C)c2cc(-c3ccc(-c4ccccc4)cc3)ccc2N(c2cccc3ccccc23)c2ccc(-c3ccc(-c4ccccc4)cc3)cc21. The van der Waals surface area contributed by atoms with Crippen molar-refractivity contribution in [3.05, 3.63) is 199 Å². The molecule has 0 radical (unpaired) electrons. The van der Waals surface area contributed by atoms with Crippen molar-refractivity contribution in [2.75, 3.05) is 4.90 Å². The second-order valence-corrected chi connectivity index (χ2v) is 13.8. The fourth-order valence-electron chi connectivity index (χ4n) is 7.73. The Kier molecular flexibility index (Phi) is 7.21. The molecule has 1 heteroatoms. The van der Waals surface area contributed by atoms with Crippen molar-refractivity contribution in [1.82, 2.24) is 0 Å². The van der Waals surface area contributed by atoms with Gasteiger partial charge in [0.1, 0.15) is 0 Å². The first kappa shape index (κ1) is 29.9. The molecular weight excluding hydrogens is 603 g/mol. The van der Waals surface area contributed by atoms with Gasteiger partial charge in [0, 0.05) is 10.8 Å². The smallest absolute Gasteiger partial charge is 0.0540 e. The van der Waals surface area contributed by atoms with Crippen LogP contribution in [0.15, 0.2) is 188 Å². The lowest BCUT2D eigenvalue weighted by Crippen LogP contribution is -2.30. The maximum absolute atomic E-state index is 2.49. The summed E-state index contributed by atoms with van der Waals surface area (Å²) in [6.45, 7) is 4.77. The molecule has 1 nitrogen and oxygen atoms in total. The van der Waals surface area contributed by atoms with Crippen molar-refractivity contribution in [3.8, 4) is 44.5 Å². The summed E-state index contributed by atoms with van der Waals surface area (Å²) < 4.78 is 0. The molecule has 1 heterocycles. The highest BCUT2D eigenvalue weighted by atomic mass is 15.2. The molecule has 8 aromatic rings. The predicted octanol–water partition coefficient (Wildman–Crippen LogP) is 13.6. The van der Waals surface area contributed by atoms with Crippen LogP contribution in [0.5, 0.6) is 0 Å². The van der Waals surface area contributed by atoms with E-state index in [-0.39, 0.29) is 5.41 Å². The molecule has 0 amide bonds. The first-order valence-corrected chi connectivity index (χ1v) is 17.4. The number of hydrogen-bond acceptors (Lipinski definition) is 1. The fourth-order valence-corrected chi connectivity index (χ4v) is 7.73. The largest absolute Gasteiger partial charge is 0.309 e. The maximum Gasteiger partial charge on any atom is 0.0540 e. The lowest BCUT2D eigenvalue weighted by molar-refractivity contribution is 0.632. The Balaban J connectivity index is 1.19. The van der Waals surface area contributed by atoms with Crippen LogP contribution in [0, 0.1) is 0 Å². The minimum absolute atomic E-state index is 0.244. The van der Waals surface area contributed by atoms with E-state index in [0.717, 1.165) is 0 Å². The molecule has 0 bridgehead atoms. The lowest BCUT2D eigenvalue weighted by Gasteiger charge is -2.43. The standard InChI is InChI=1S/C49H37N/c1-49(2)44-32-41(38-24-20-36(21-25-38)34-12-5-3-6-13-34)28-30-47(44)50(46-19-11-17-40-16-9-10-18-43(40)46)48-31-29-42(33-45(48)49)39-26-22-37(23-27-39)35-14-7-4-8-15-35/h3-33H,1-2H3. The van der Waals surface area contributed by atoms with Crippen molar-refractivity contribution in [1.29, 1.82) is 0 Å². The monoisotopic (exact) mass is 639 g/mol. The summed E-state index contributed by atoms with van der Waals surface area (Å²) in [4.78, 5) is 2.49. The number of hydrogen-bond donors (Lipinski definition) is 0. The molecule has 0 spiro atoms. The highest BCUT2D eigenvalue weighted by Crippen LogP contribution is 2.54. The van der Waals surface area contributed by atoms with E-state index in [1.807, 2.05) is 0 Å². The van der Waals surface area contributed by atoms with Crippen molar-refractivity contribution >= 4 is 27.8 Å². The summed E-state index contributed by atoms with van der Waals surface area (Å²) in [6, 6.07) is 68.6. The average Bonchev–Trinajstić information content (AvgIpc) is 3.19. The fraction of sp³-hybridized carbons (Fsp3) is 0.0612. The Morgan fingerprint density at radius 1 is 0.320 bits per heavy atom. The van der Waals surface area contributed by atoms with E-state index in [2.05, 4.69) is 207 Å². The van der Waals surface area contributed by atoms with Gasteiger partial charge >= 0.3 is 0 Å². The van der Waals surface area contributed by atoms with Gasteiger partial charge in [-0.25, -0.2) is 0 Å². The van der Waals surface area contributed by atoms with Gasteiger partial charge in [-0.05, 0) is 91.4 Å². The van der Waals surface area contributed by atoms with Gasteiger partial charge in [-0.1, -0.05) is 172 Å². The van der Waals surface area contributed by atoms with Crippen molar-refractivity contribution in [2.45, 2.75) is 19.3 Å². The zero-order chi connectivity index (χ0) is 33.7. The topological polar surface area (TPSA) is 3.24 Å². The van der Waals surface area contributed by atoms with Gasteiger partial charge in [-0.2, -0.15) is 0 Å². The van der Waals surface area contributed by atoms with Crippen LogP contribution in [0.25, 0.3) is 55.3 Å². The Morgan fingerprint density at radius 2 is 0.700 bits per heavy atom. The first-order chi connectivity index (χ1) is 24.5. The lowest BCUT2D eigenvalue weighted by atomic mass is 9.72. The minimum Gasteiger partial charge on any atom is -0.309 e. The zero-order valence-electron chi connectivity index (χ0n) is 28.3. The van der Waals surface area contributed by atoms with E-state index in [1.54, 1.807) is 0 Å². The van der Waals surface area contributed by atoms with Crippen LogP contribution in [-0.4, -0.2) is 0 Å². The highest BCUT2D eigenvalue weighted by Gasteiger charge is 2.38. The van der Waals surface area contributed by atoms with Crippen LogP contribution >= 0.6 is 0 Å². The third-order valence-electron chi connectivity index (χ3n) is 10.5. The van der Waals surface area contributed by atoms with E-state index in [1.165, 1.54) is 83.5 Å². The van der Waals surface area contributed by atoms with E-state index in [9.17, 15) is 0 Å². The molecule has 9 rings (SSSR count). The molecule has 0 aromatic heterocycles. The van der Waals surface area contributed by atoms with Crippen LogP contribution in [0.2, 0.25) is 0 Å². The summed E-state index contributed by atoms with van der Waals surface area (Å²) in [5, 5.41) is 2.48. The first-order valence-electron chi connectivity index (χ1n) is 17.4. The molecule has 0 fully saturated rings. The molecule has 50 heavy (non-hydrogen) atoms. The van der Waals surface area contributed by atoms with Gasteiger partial charge < -0.3 is 4.90 Å². The average molecular weight is 640 g/mol. The third kappa shape index (κ3) is 5.11. The van der Waals surface area contributed by atoms with E-state index in [0.29, 0.717) is 0 Å². The molecule has 238 valence electrons. The Bertz CT molecular complexity index is 2330. The Morgan fingerprint density at radius 3 is 1.20 bits per heavy atom. The van der Waals surface area contributed by atoms with Crippen LogP contribution in [-0.2, 0) is 5.41 Å². The number of fused-ring (bicyclic) bond motifs is 3. The molecule has 0 saturated heterocycles. The summed E-state index contributed by atoms with van der Waals surface area (Å²) >= 11 is 0. The number of rotatable bonds is 5. The molecule has 0 atom stereocenters. The molecule has 0 N–H and O–H groups in total. The summed E-state index contributed by atoms with van der Waals surface area (Å²) in [5.74, 6) is 0. The Labute approximate surface area is 294 Å². The predicted molar refractivity (Wildman–Crippen MR) is 213 cm³/mol. The van der Waals surface area contributed by atoms with Gasteiger partial charge in [0.15, 0.2) is 0 Å². The van der Waals surface area contributed by atoms with Crippen molar-refractivity contribution < 1.29 is 0 Å². The molecule has 0 unspecified atom stereocenters. The molecule has 0 saturated carbocycles. The van der Waals surface area contributed by atoms with E-state index in [4.69, 9.17) is 0 Å². The highest BCUT2D eigenvalue weighted by molar-refractivity contribution is 6.01. The van der Waals surface area contributed by atoms with Crippen LogP contribution in [0.4, 0.5) is 17.1 Å².